The van der Waals surface area contributed by atoms with Gasteiger partial charge in [-0.2, -0.15) is 0 Å². The molecule has 0 aromatic heterocycles. The lowest BCUT2D eigenvalue weighted by molar-refractivity contribution is -0.143. The van der Waals surface area contributed by atoms with E-state index in [4.69, 9.17) is 5.11 Å². The molecule has 2 N–H and O–H groups in total. The summed E-state index contributed by atoms with van der Waals surface area (Å²) in [5.74, 6) is -1.40. The fraction of sp³-hybridized carbons (Fsp3) is 0.385. The Morgan fingerprint density at radius 3 is 2.29 bits per heavy atom. The van der Waals surface area contributed by atoms with Crippen LogP contribution in [-0.2, 0) is 16.0 Å². The maximum Gasteiger partial charge on any atom is 0.326 e. The van der Waals surface area contributed by atoms with Crippen LogP contribution < -0.4 is 5.32 Å². The molecule has 0 saturated carbocycles. The van der Waals surface area contributed by atoms with E-state index in [1.807, 2.05) is 30.3 Å². The number of aliphatic carboxylic acids is 1. The minimum Gasteiger partial charge on any atom is -0.480 e. The van der Waals surface area contributed by atoms with Crippen molar-refractivity contribution in [2.75, 3.05) is 0 Å². The molecule has 0 saturated heterocycles. The van der Waals surface area contributed by atoms with Gasteiger partial charge in [0, 0.05) is 0 Å². The average Bonchev–Trinajstić information content (AvgIpc) is 2.26. The first kappa shape index (κ1) is 13.2. The van der Waals surface area contributed by atoms with Gasteiger partial charge in [0.15, 0.2) is 0 Å². The lowest BCUT2D eigenvalue weighted by Crippen LogP contribution is -2.44. The van der Waals surface area contributed by atoms with Crippen LogP contribution in [0.4, 0.5) is 0 Å². The molecule has 1 amide bonds. The average molecular weight is 235 g/mol. The predicted octanol–water partition coefficient (Wildman–Crippen LogP) is 1.45. The first-order chi connectivity index (χ1) is 8.00. The third-order valence-electron chi connectivity index (χ3n) is 2.46. The third kappa shape index (κ3) is 4.26. The zero-order chi connectivity index (χ0) is 12.8. The van der Waals surface area contributed by atoms with Gasteiger partial charge < -0.3 is 10.4 Å². The molecule has 0 bridgehead atoms. The van der Waals surface area contributed by atoms with Crippen LogP contribution in [0.5, 0.6) is 0 Å². The van der Waals surface area contributed by atoms with E-state index < -0.39 is 12.0 Å². The number of carboxylic acids is 1. The number of carbonyl (C=O) groups excluding carboxylic acids is 1. The number of benzene rings is 1. The van der Waals surface area contributed by atoms with Gasteiger partial charge in [0.1, 0.15) is 6.04 Å². The van der Waals surface area contributed by atoms with Crippen molar-refractivity contribution in [3.8, 4) is 0 Å². The highest BCUT2D eigenvalue weighted by Gasteiger charge is 2.23. The number of hydrogen-bond donors (Lipinski definition) is 2. The highest BCUT2D eigenvalue weighted by Crippen LogP contribution is 2.04. The Morgan fingerprint density at radius 1 is 1.24 bits per heavy atom. The van der Waals surface area contributed by atoms with E-state index in [9.17, 15) is 9.59 Å². The summed E-state index contributed by atoms with van der Waals surface area (Å²) in [5, 5.41) is 11.5. The molecule has 1 aromatic rings. The number of rotatable bonds is 5. The minimum atomic E-state index is -0.999. The van der Waals surface area contributed by atoms with Crippen molar-refractivity contribution < 1.29 is 14.7 Å². The van der Waals surface area contributed by atoms with E-state index in [0.717, 1.165) is 5.56 Å². The van der Waals surface area contributed by atoms with E-state index in [0.29, 0.717) is 0 Å². The molecule has 1 atom stereocenters. The highest BCUT2D eigenvalue weighted by molar-refractivity contribution is 5.84. The maximum atomic E-state index is 11.7. The van der Waals surface area contributed by atoms with E-state index in [1.54, 1.807) is 13.8 Å². The lowest BCUT2D eigenvalue weighted by Gasteiger charge is -2.17. The summed E-state index contributed by atoms with van der Waals surface area (Å²) in [6, 6.07) is 8.41. The Bertz CT molecular complexity index is 387. The van der Waals surface area contributed by atoms with Gasteiger partial charge in [-0.3, -0.25) is 4.79 Å². The molecule has 0 aliphatic heterocycles. The second-order valence-electron chi connectivity index (χ2n) is 4.29. The van der Waals surface area contributed by atoms with Crippen molar-refractivity contribution in [3.05, 3.63) is 35.9 Å². The van der Waals surface area contributed by atoms with E-state index >= 15 is 0 Å². The van der Waals surface area contributed by atoms with Gasteiger partial charge in [0.25, 0.3) is 0 Å². The Labute approximate surface area is 101 Å². The number of carbonyl (C=O) groups is 2. The molecule has 0 fully saturated rings. The molecule has 92 valence electrons. The largest absolute Gasteiger partial charge is 0.480 e. The second kappa shape index (κ2) is 6.03. The SMILES string of the molecule is CC(C)C(NC(=O)Cc1ccccc1)C(=O)O. The molecular formula is C13H17NO3. The van der Waals surface area contributed by atoms with Crippen molar-refractivity contribution >= 4 is 11.9 Å². The monoisotopic (exact) mass is 235 g/mol. The summed E-state index contributed by atoms with van der Waals surface area (Å²) in [6.07, 6.45) is 0.206. The van der Waals surface area contributed by atoms with Gasteiger partial charge >= 0.3 is 5.97 Å². The topological polar surface area (TPSA) is 66.4 Å². The van der Waals surface area contributed by atoms with Gasteiger partial charge in [-0.05, 0) is 11.5 Å². The van der Waals surface area contributed by atoms with Crippen LogP contribution in [0.3, 0.4) is 0 Å². The number of amides is 1. The third-order valence-corrected chi connectivity index (χ3v) is 2.46. The van der Waals surface area contributed by atoms with Crippen molar-refractivity contribution in [2.45, 2.75) is 26.3 Å². The van der Waals surface area contributed by atoms with E-state index in [-0.39, 0.29) is 18.2 Å². The molecule has 1 unspecified atom stereocenters. The zero-order valence-electron chi connectivity index (χ0n) is 10.0. The first-order valence-electron chi connectivity index (χ1n) is 5.57. The molecule has 4 heteroatoms. The quantitative estimate of drug-likeness (QED) is 0.811. The number of nitrogens with one attached hydrogen (secondary N) is 1. The zero-order valence-corrected chi connectivity index (χ0v) is 10.0. The van der Waals surface area contributed by atoms with Crippen molar-refractivity contribution in [1.29, 1.82) is 0 Å². The molecule has 17 heavy (non-hydrogen) atoms. The van der Waals surface area contributed by atoms with Crippen LogP contribution >= 0.6 is 0 Å². The molecule has 0 radical (unpaired) electrons. The first-order valence-corrected chi connectivity index (χ1v) is 5.57. The van der Waals surface area contributed by atoms with Crippen LogP contribution in [0.1, 0.15) is 19.4 Å². The van der Waals surface area contributed by atoms with Crippen LogP contribution in [0, 0.1) is 5.92 Å². The van der Waals surface area contributed by atoms with E-state index in [1.165, 1.54) is 0 Å². The fourth-order valence-corrected chi connectivity index (χ4v) is 1.52. The van der Waals surface area contributed by atoms with Crippen LogP contribution in [0.2, 0.25) is 0 Å². The Morgan fingerprint density at radius 2 is 1.82 bits per heavy atom. The van der Waals surface area contributed by atoms with Crippen molar-refractivity contribution in [3.63, 3.8) is 0 Å². The predicted molar refractivity (Wildman–Crippen MR) is 64.6 cm³/mol. The summed E-state index contributed by atoms with van der Waals surface area (Å²) in [6.45, 7) is 3.53. The summed E-state index contributed by atoms with van der Waals surface area (Å²) < 4.78 is 0. The molecule has 1 rings (SSSR count). The van der Waals surface area contributed by atoms with Crippen molar-refractivity contribution in [1.82, 2.24) is 5.32 Å². The summed E-state index contributed by atoms with van der Waals surface area (Å²) >= 11 is 0. The van der Waals surface area contributed by atoms with Crippen LogP contribution in [-0.4, -0.2) is 23.0 Å². The number of hydrogen-bond acceptors (Lipinski definition) is 2. The molecule has 4 nitrogen and oxygen atoms in total. The maximum absolute atomic E-state index is 11.7. The summed E-state index contributed by atoms with van der Waals surface area (Å²) in [7, 11) is 0. The summed E-state index contributed by atoms with van der Waals surface area (Å²) in [5.41, 5.74) is 0.873. The van der Waals surface area contributed by atoms with Crippen molar-refractivity contribution in [2.24, 2.45) is 5.92 Å². The Kier molecular flexibility index (Phi) is 4.69. The van der Waals surface area contributed by atoms with Gasteiger partial charge in [-0.25, -0.2) is 4.79 Å². The Balaban J connectivity index is 2.57. The summed E-state index contributed by atoms with van der Waals surface area (Å²) in [4.78, 5) is 22.6. The molecule has 1 aromatic carbocycles. The standard InChI is InChI=1S/C13H17NO3/c1-9(2)12(13(16)17)14-11(15)8-10-6-4-3-5-7-10/h3-7,9,12H,8H2,1-2H3,(H,14,15)(H,16,17). The second-order valence-corrected chi connectivity index (χ2v) is 4.29. The van der Waals surface area contributed by atoms with Gasteiger partial charge in [0.05, 0.1) is 6.42 Å². The van der Waals surface area contributed by atoms with Gasteiger partial charge in [-0.15, -0.1) is 0 Å². The van der Waals surface area contributed by atoms with Crippen LogP contribution in [0.15, 0.2) is 30.3 Å². The molecule has 0 aliphatic rings. The minimum absolute atomic E-state index is 0.132. The lowest BCUT2D eigenvalue weighted by atomic mass is 10.0. The molecular weight excluding hydrogens is 218 g/mol. The number of carboxylic acid groups (broad SMARTS) is 1. The fourth-order valence-electron chi connectivity index (χ4n) is 1.52. The van der Waals surface area contributed by atoms with Crippen LogP contribution in [0.25, 0.3) is 0 Å². The highest BCUT2D eigenvalue weighted by atomic mass is 16.4. The van der Waals surface area contributed by atoms with E-state index in [2.05, 4.69) is 5.32 Å². The van der Waals surface area contributed by atoms with Gasteiger partial charge in [0.2, 0.25) is 5.91 Å². The smallest absolute Gasteiger partial charge is 0.326 e. The normalized spacial score (nSPS) is 12.2. The molecule has 0 spiro atoms. The molecule has 0 aliphatic carbocycles. The Hall–Kier alpha value is -1.84. The van der Waals surface area contributed by atoms with Gasteiger partial charge in [-0.1, -0.05) is 44.2 Å². The molecule has 0 heterocycles.